The molecule has 2 rings (SSSR count). The van der Waals surface area contributed by atoms with Crippen molar-refractivity contribution >= 4 is 5.91 Å². The molecule has 98 valence electrons. The van der Waals surface area contributed by atoms with Crippen molar-refractivity contribution in [3.63, 3.8) is 0 Å². The fourth-order valence-electron chi connectivity index (χ4n) is 2.42. The molecular formula is C14H21N3O. The van der Waals surface area contributed by atoms with Gasteiger partial charge < -0.3 is 4.90 Å². The first kappa shape index (κ1) is 13.0. The van der Waals surface area contributed by atoms with Crippen LogP contribution in [0.2, 0.25) is 0 Å². The van der Waals surface area contributed by atoms with Crippen LogP contribution in [-0.2, 0) is 4.79 Å². The quantitative estimate of drug-likeness (QED) is 0.815. The first-order valence-electron chi connectivity index (χ1n) is 6.64. The van der Waals surface area contributed by atoms with Crippen molar-refractivity contribution in [3.8, 4) is 0 Å². The summed E-state index contributed by atoms with van der Waals surface area (Å²) in [6, 6.07) is 4.46. The number of amides is 1. The van der Waals surface area contributed by atoms with E-state index in [4.69, 9.17) is 0 Å². The van der Waals surface area contributed by atoms with Crippen molar-refractivity contribution < 1.29 is 4.79 Å². The third kappa shape index (κ3) is 2.88. The Hall–Kier alpha value is -1.42. The summed E-state index contributed by atoms with van der Waals surface area (Å²) >= 11 is 0. The molecule has 4 nitrogen and oxygen atoms in total. The molecule has 0 saturated carbocycles. The summed E-state index contributed by atoms with van der Waals surface area (Å²) in [5.74, 6) is 0.267. The van der Waals surface area contributed by atoms with Crippen molar-refractivity contribution in [2.45, 2.75) is 26.3 Å². The lowest BCUT2D eigenvalue weighted by Crippen LogP contribution is -2.49. The normalized spacial score (nSPS) is 18.7. The smallest absolute Gasteiger partial charge is 0.222 e. The minimum absolute atomic E-state index is 0.267. The lowest BCUT2D eigenvalue weighted by atomic mass is 10.1. The maximum atomic E-state index is 11.6. The van der Waals surface area contributed by atoms with Gasteiger partial charge in [0.2, 0.25) is 5.91 Å². The van der Waals surface area contributed by atoms with Gasteiger partial charge in [-0.2, -0.15) is 0 Å². The van der Waals surface area contributed by atoms with Gasteiger partial charge in [0.15, 0.2) is 0 Å². The van der Waals surface area contributed by atoms with E-state index in [1.54, 1.807) is 6.20 Å². The lowest BCUT2D eigenvalue weighted by Gasteiger charge is -2.38. The first-order valence-corrected chi connectivity index (χ1v) is 6.64. The van der Waals surface area contributed by atoms with Crippen LogP contribution < -0.4 is 0 Å². The summed E-state index contributed by atoms with van der Waals surface area (Å²) < 4.78 is 0. The zero-order valence-electron chi connectivity index (χ0n) is 11.2. The number of carbonyl (C=O) groups is 1. The fourth-order valence-corrected chi connectivity index (χ4v) is 2.42. The van der Waals surface area contributed by atoms with Crippen LogP contribution in [0.15, 0.2) is 24.5 Å². The Morgan fingerprint density at radius 3 is 2.67 bits per heavy atom. The Labute approximate surface area is 109 Å². The largest absolute Gasteiger partial charge is 0.340 e. The molecule has 0 aromatic carbocycles. The average Bonchev–Trinajstić information content (AvgIpc) is 2.47. The highest BCUT2D eigenvalue weighted by Gasteiger charge is 2.23. The van der Waals surface area contributed by atoms with E-state index in [0.717, 1.165) is 26.2 Å². The van der Waals surface area contributed by atoms with Crippen LogP contribution in [0.1, 0.15) is 31.9 Å². The van der Waals surface area contributed by atoms with Crippen LogP contribution in [0.3, 0.4) is 0 Å². The van der Waals surface area contributed by atoms with Crippen molar-refractivity contribution in [3.05, 3.63) is 30.1 Å². The summed E-state index contributed by atoms with van der Waals surface area (Å²) in [4.78, 5) is 20.2. The molecular weight excluding hydrogens is 226 g/mol. The van der Waals surface area contributed by atoms with E-state index >= 15 is 0 Å². The second kappa shape index (κ2) is 5.96. The van der Waals surface area contributed by atoms with Gasteiger partial charge in [-0.3, -0.25) is 14.7 Å². The highest BCUT2D eigenvalue weighted by Crippen LogP contribution is 2.20. The maximum Gasteiger partial charge on any atom is 0.222 e. The molecule has 1 atom stereocenters. The molecule has 1 fully saturated rings. The van der Waals surface area contributed by atoms with Crippen LogP contribution >= 0.6 is 0 Å². The number of hydrogen-bond acceptors (Lipinski definition) is 3. The number of pyridine rings is 1. The van der Waals surface area contributed by atoms with Gasteiger partial charge in [0.05, 0.1) is 0 Å². The van der Waals surface area contributed by atoms with E-state index in [1.807, 2.05) is 24.1 Å². The van der Waals surface area contributed by atoms with E-state index in [1.165, 1.54) is 5.56 Å². The average molecular weight is 247 g/mol. The van der Waals surface area contributed by atoms with Crippen molar-refractivity contribution in [1.82, 2.24) is 14.8 Å². The molecule has 0 radical (unpaired) electrons. The molecule has 1 unspecified atom stereocenters. The number of nitrogens with zero attached hydrogens (tertiary/aromatic N) is 3. The van der Waals surface area contributed by atoms with Crippen molar-refractivity contribution in [2.75, 3.05) is 26.2 Å². The zero-order chi connectivity index (χ0) is 13.0. The first-order chi connectivity index (χ1) is 8.72. The molecule has 0 bridgehead atoms. The molecule has 2 heterocycles. The molecule has 0 N–H and O–H groups in total. The number of hydrogen-bond donors (Lipinski definition) is 0. The standard InChI is InChI=1S/C14H21N3O/c1-3-14(18)17-9-7-16(8-10-17)12(2)13-5-4-6-15-11-13/h4-6,11-12H,3,7-10H2,1-2H3. The Bertz CT molecular complexity index is 385. The molecule has 1 aliphatic rings. The minimum atomic E-state index is 0.267. The van der Waals surface area contributed by atoms with Gasteiger partial charge in [-0.1, -0.05) is 13.0 Å². The van der Waals surface area contributed by atoms with Crippen molar-refractivity contribution in [2.24, 2.45) is 0 Å². The van der Waals surface area contributed by atoms with E-state index in [-0.39, 0.29) is 5.91 Å². The van der Waals surface area contributed by atoms with Gasteiger partial charge in [-0.05, 0) is 18.6 Å². The van der Waals surface area contributed by atoms with Crippen LogP contribution in [0.5, 0.6) is 0 Å². The van der Waals surface area contributed by atoms with Gasteiger partial charge in [0.25, 0.3) is 0 Å². The van der Waals surface area contributed by atoms with Crippen molar-refractivity contribution in [1.29, 1.82) is 0 Å². The number of carbonyl (C=O) groups excluding carboxylic acids is 1. The monoisotopic (exact) mass is 247 g/mol. The molecule has 1 aromatic rings. The van der Waals surface area contributed by atoms with Gasteiger partial charge in [0.1, 0.15) is 0 Å². The van der Waals surface area contributed by atoms with Gasteiger partial charge >= 0.3 is 0 Å². The predicted molar refractivity (Wildman–Crippen MR) is 71.1 cm³/mol. The SMILES string of the molecule is CCC(=O)N1CCN(C(C)c2cccnc2)CC1. The number of piperazine rings is 1. The van der Waals surface area contributed by atoms with Crippen LogP contribution in [0.25, 0.3) is 0 Å². The minimum Gasteiger partial charge on any atom is -0.340 e. The Morgan fingerprint density at radius 1 is 1.39 bits per heavy atom. The molecule has 4 heteroatoms. The molecule has 18 heavy (non-hydrogen) atoms. The summed E-state index contributed by atoms with van der Waals surface area (Å²) in [7, 11) is 0. The third-order valence-corrected chi connectivity index (χ3v) is 3.68. The highest BCUT2D eigenvalue weighted by molar-refractivity contribution is 5.75. The lowest BCUT2D eigenvalue weighted by molar-refractivity contribution is -0.132. The van der Waals surface area contributed by atoms with E-state index < -0.39 is 0 Å². The topological polar surface area (TPSA) is 36.4 Å². The zero-order valence-corrected chi connectivity index (χ0v) is 11.2. The Morgan fingerprint density at radius 2 is 2.11 bits per heavy atom. The maximum absolute atomic E-state index is 11.6. The predicted octanol–water partition coefficient (Wildman–Crippen LogP) is 1.70. The third-order valence-electron chi connectivity index (χ3n) is 3.68. The number of rotatable bonds is 3. The summed E-state index contributed by atoms with van der Waals surface area (Å²) in [5.41, 5.74) is 1.24. The van der Waals surface area contributed by atoms with E-state index in [9.17, 15) is 4.79 Å². The summed E-state index contributed by atoms with van der Waals surface area (Å²) in [6.45, 7) is 7.71. The van der Waals surface area contributed by atoms with Crippen LogP contribution in [0.4, 0.5) is 0 Å². The second-order valence-electron chi connectivity index (χ2n) is 4.73. The second-order valence-corrected chi connectivity index (χ2v) is 4.73. The van der Waals surface area contributed by atoms with Gasteiger partial charge in [-0.25, -0.2) is 0 Å². The molecule has 1 saturated heterocycles. The van der Waals surface area contributed by atoms with Gasteiger partial charge in [-0.15, -0.1) is 0 Å². The number of aromatic nitrogens is 1. The Balaban J connectivity index is 1.92. The molecule has 0 aliphatic carbocycles. The fraction of sp³-hybridized carbons (Fsp3) is 0.571. The molecule has 0 spiro atoms. The summed E-state index contributed by atoms with van der Waals surface area (Å²) in [6.07, 6.45) is 4.33. The molecule has 1 aliphatic heterocycles. The van der Waals surface area contributed by atoms with E-state index in [2.05, 4.69) is 22.9 Å². The van der Waals surface area contributed by atoms with Gasteiger partial charge in [0, 0.05) is 51.0 Å². The van der Waals surface area contributed by atoms with Crippen LogP contribution in [0, 0.1) is 0 Å². The van der Waals surface area contributed by atoms with E-state index in [0.29, 0.717) is 12.5 Å². The highest BCUT2D eigenvalue weighted by atomic mass is 16.2. The Kier molecular flexibility index (Phi) is 4.31. The molecule has 1 aromatic heterocycles. The summed E-state index contributed by atoms with van der Waals surface area (Å²) in [5, 5.41) is 0. The van der Waals surface area contributed by atoms with Crippen LogP contribution in [-0.4, -0.2) is 46.9 Å². The molecule has 1 amide bonds.